The Bertz CT molecular complexity index is 474. The molecule has 0 saturated heterocycles. The Balaban J connectivity index is 2.93. The van der Waals surface area contributed by atoms with Gasteiger partial charge in [-0.15, -0.1) is 0 Å². The molecule has 7 heteroatoms. The van der Waals surface area contributed by atoms with Gasteiger partial charge in [0, 0.05) is 38.6 Å². The van der Waals surface area contributed by atoms with Gasteiger partial charge in [0.15, 0.2) is 0 Å². The summed E-state index contributed by atoms with van der Waals surface area (Å²) in [6.07, 6.45) is 4.00. The van der Waals surface area contributed by atoms with Gasteiger partial charge < -0.3 is 5.73 Å². The molecular weight excluding hydrogens is 276 g/mol. The van der Waals surface area contributed by atoms with Crippen molar-refractivity contribution in [3.8, 4) is 0 Å². The maximum Gasteiger partial charge on any atom is 0.282 e. The molecule has 0 unspecified atom stereocenters. The van der Waals surface area contributed by atoms with Gasteiger partial charge >= 0.3 is 0 Å². The summed E-state index contributed by atoms with van der Waals surface area (Å²) in [4.78, 5) is 4.03. The Hall–Kier alpha value is -1.02. The molecule has 0 aliphatic carbocycles. The second kappa shape index (κ2) is 8.31. The molecule has 0 spiro atoms. The first-order chi connectivity index (χ1) is 9.56. The highest BCUT2D eigenvalue weighted by molar-refractivity contribution is 7.86. The summed E-state index contributed by atoms with van der Waals surface area (Å²) in [7, 11) is -3.45. The lowest BCUT2D eigenvalue weighted by Gasteiger charge is -2.28. The molecule has 6 nitrogen and oxygen atoms in total. The quantitative estimate of drug-likeness (QED) is 0.732. The Morgan fingerprint density at radius 1 is 1.25 bits per heavy atom. The topological polar surface area (TPSA) is 79.5 Å². The summed E-state index contributed by atoms with van der Waals surface area (Å²) in [6.45, 7) is 5.82. The summed E-state index contributed by atoms with van der Waals surface area (Å²) in [5, 5.41) is 0. The van der Waals surface area contributed by atoms with Gasteiger partial charge in [-0.1, -0.05) is 19.9 Å². The minimum Gasteiger partial charge on any atom is -0.330 e. The minimum atomic E-state index is -3.45. The minimum absolute atomic E-state index is 0.326. The number of pyridine rings is 1. The zero-order valence-corrected chi connectivity index (χ0v) is 13.0. The van der Waals surface area contributed by atoms with E-state index in [-0.39, 0.29) is 0 Å². The highest BCUT2D eigenvalue weighted by Crippen LogP contribution is 2.13. The van der Waals surface area contributed by atoms with Crippen molar-refractivity contribution in [2.75, 3.05) is 26.2 Å². The molecular formula is C13H24N4O2S. The maximum atomic E-state index is 12.6. The first-order valence-corrected chi connectivity index (χ1v) is 8.30. The summed E-state index contributed by atoms with van der Waals surface area (Å²) in [5.41, 5.74) is 6.38. The lowest BCUT2D eigenvalue weighted by atomic mass is 10.3. The molecule has 1 heterocycles. The Kier molecular flexibility index (Phi) is 7.08. The van der Waals surface area contributed by atoms with Crippen LogP contribution in [0.5, 0.6) is 0 Å². The van der Waals surface area contributed by atoms with E-state index >= 15 is 0 Å². The van der Waals surface area contributed by atoms with Crippen LogP contribution in [0.15, 0.2) is 24.5 Å². The van der Waals surface area contributed by atoms with Crippen LogP contribution >= 0.6 is 0 Å². The first kappa shape index (κ1) is 17.0. The molecule has 0 aliphatic heterocycles. The highest BCUT2D eigenvalue weighted by atomic mass is 32.2. The van der Waals surface area contributed by atoms with Crippen molar-refractivity contribution in [1.29, 1.82) is 0 Å². The van der Waals surface area contributed by atoms with E-state index in [1.807, 2.05) is 19.9 Å². The van der Waals surface area contributed by atoms with E-state index in [2.05, 4.69) is 4.98 Å². The van der Waals surface area contributed by atoms with Gasteiger partial charge in [0.2, 0.25) is 0 Å². The van der Waals surface area contributed by atoms with Crippen molar-refractivity contribution in [3.05, 3.63) is 30.1 Å². The van der Waals surface area contributed by atoms with E-state index in [1.54, 1.807) is 18.5 Å². The molecule has 114 valence electrons. The first-order valence-electron chi connectivity index (χ1n) is 6.90. The molecule has 0 radical (unpaired) electrons. The molecule has 1 aromatic heterocycles. The van der Waals surface area contributed by atoms with Crippen molar-refractivity contribution in [2.45, 2.75) is 26.8 Å². The normalized spacial score (nSPS) is 12.2. The largest absolute Gasteiger partial charge is 0.330 e. The van der Waals surface area contributed by atoms with Crippen LogP contribution in [0.25, 0.3) is 0 Å². The monoisotopic (exact) mass is 300 g/mol. The predicted octanol–water partition coefficient (Wildman–Crippen LogP) is 0.819. The van der Waals surface area contributed by atoms with Gasteiger partial charge in [-0.2, -0.15) is 17.0 Å². The highest BCUT2D eigenvalue weighted by Gasteiger charge is 2.27. The average Bonchev–Trinajstić information content (AvgIpc) is 2.45. The van der Waals surface area contributed by atoms with E-state index in [4.69, 9.17) is 5.73 Å². The maximum absolute atomic E-state index is 12.6. The molecule has 0 atom stereocenters. The van der Waals surface area contributed by atoms with Crippen LogP contribution in [0.2, 0.25) is 0 Å². The van der Waals surface area contributed by atoms with Gasteiger partial charge in [-0.25, -0.2) is 0 Å². The van der Waals surface area contributed by atoms with Crippen molar-refractivity contribution < 1.29 is 8.42 Å². The van der Waals surface area contributed by atoms with E-state index in [1.165, 1.54) is 8.61 Å². The molecule has 2 N–H and O–H groups in total. The number of nitrogens with two attached hydrogens (primary N) is 1. The van der Waals surface area contributed by atoms with Crippen LogP contribution in [0, 0.1) is 0 Å². The van der Waals surface area contributed by atoms with Gasteiger partial charge in [-0.05, 0) is 24.6 Å². The second-order valence-corrected chi connectivity index (χ2v) is 6.36. The van der Waals surface area contributed by atoms with E-state index < -0.39 is 10.2 Å². The third kappa shape index (κ3) is 4.52. The van der Waals surface area contributed by atoms with Crippen molar-refractivity contribution in [2.24, 2.45) is 5.73 Å². The molecule has 0 saturated carbocycles. The number of hydrogen-bond donors (Lipinski definition) is 1. The summed E-state index contributed by atoms with van der Waals surface area (Å²) in [6, 6.07) is 3.68. The van der Waals surface area contributed by atoms with E-state index in [0.29, 0.717) is 39.1 Å². The van der Waals surface area contributed by atoms with Crippen molar-refractivity contribution in [3.63, 3.8) is 0 Å². The van der Waals surface area contributed by atoms with Crippen LogP contribution in [-0.4, -0.2) is 48.2 Å². The zero-order chi connectivity index (χ0) is 15.0. The third-order valence-corrected chi connectivity index (χ3v) is 5.18. The molecule has 0 bridgehead atoms. The van der Waals surface area contributed by atoms with Crippen LogP contribution in [-0.2, 0) is 16.8 Å². The lowest BCUT2D eigenvalue weighted by Crippen LogP contribution is -2.44. The third-order valence-electron chi connectivity index (χ3n) is 3.05. The average molecular weight is 300 g/mol. The fraction of sp³-hybridized carbons (Fsp3) is 0.615. The molecule has 1 aromatic rings. The number of rotatable bonds is 9. The molecule has 20 heavy (non-hydrogen) atoms. The predicted molar refractivity (Wildman–Crippen MR) is 80.2 cm³/mol. The van der Waals surface area contributed by atoms with Crippen molar-refractivity contribution >= 4 is 10.2 Å². The number of aromatic nitrogens is 1. The molecule has 0 aliphatic rings. The summed E-state index contributed by atoms with van der Waals surface area (Å²) < 4.78 is 28.1. The van der Waals surface area contributed by atoms with Gasteiger partial charge in [0.1, 0.15) is 0 Å². The van der Waals surface area contributed by atoms with E-state index in [9.17, 15) is 8.42 Å². The summed E-state index contributed by atoms with van der Waals surface area (Å²) >= 11 is 0. The zero-order valence-electron chi connectivity index (χ0n) is 12.2. The fourth-order valence-electron chi connectivity index (χ4n) is 1.95. The smallest absolute Gasteiger partial charge is 0.282 e. The fourth-order valence-corrected chi connectivity index (χ4v) is 3.60. The van der Waals surface area contributed by atoms with Crippen LogP contribution < -0.4 is 5.73 Å². The van der Waals surface area contributed by atoms with Crippen LogP contribution in [0.3, 0.4) is 0 Å². The van der Waals surface area contributed by atoms with Gasteiger partial charge in [0.25, 0.3) is 10.2 Å². The standard InChI is InChI=1S/C13H24N4O2S/c1-3-16(4-2)20(18,19)17(10-6-8-14)12-13-7-5-9-15-11-13/h5,7,9,11H,3-4,6,8,10,12,14H2,1-2H3. The van der Waals surface area contributed by atoms with E-state index in [0.717, 1.165) is 5.56 Å². The van der Waals surface area contributed by atoms with Crippen LogP contribution in [0.1, 0.15) is 25.8 Å². The molecule has 0 amide bonds. The number of hydrogen-bond acceptors (Lipinski definition) is 4. The molecule has 1 rings (SSSR count). The Labute approximate surface area is 121 Å². The SMILES string of the molecule is CCN(CC)S(=O)(=O)N(CCCN)Cc1cccnc1. The Morgan fingerprint density at radius 2 is 1.95 bits per heavy atom. The molecule has 0 fully saturated rings. The Morgan fingerprint density at radius 3 is 2.45 bits per heavy atom. The lowest BCUT2D eigenvalue weighted by molar-refractivity contribution is 0.341. The molecule has 0 aromatic carbocycles. The van der Waals surface area contributed by atoms with Gasteiger partial charge in [-0.3, -0.25) is 4.98 Å². The van der Waals surface area contributed by atoms with Crippen molar-refractivity contribution in [1.82, 2.24) is 13.6 Å². The van der Waals surface area contributed by atoms with Gasteiger partial charge in [0.05, 0.1) is 0 Å². The second-order valence-electron chi connectivity index (χ2n) is 4.43. The number of nitrogens with zero attached hydrogens (tertiary/aromatic N) is 3. The van der Waals surface area contributed by atoms with Crippen LogP contribution in [0.4, 0.5) is 0 Å². The summed E-state index contributed by atoms with van der Waals surface area (Å²) in [5.74, 6) is 0.